The molecule has 2 atom stereocenters. The van der Waals surface area contributed by atoms with Gasteiger partial charge in [-0.1, -0.05) is 44.2 Å². The summed E-state index contributed by atoms with van der Waals surface area (Å²) < 4.78 is 59.2. The zero-order chi connectivity index (χ0) is 52.5. The normalized spacial score (nSPS) is 16.1. The molecule has 5 aromatic rings. The number of anilines is 2. The molecule has 2 saturated heterocycles. The minimum atomic E-state index is -4.80. The summed E-state index contributed by atoms with van der Waals surface area (Å²) in [7, 11) is 0. The summed E-state index contributed by atoms with van der Waals surface area (Å²) in [5.41, 5.74) is 2.38. The Morgan fingerprint density at radius 1 is 0.973 bits per heavy atom. The molecular weight excluding hydrogens is 978 g/mol. The van der Waals surface area contributed by atoms with Crippen molar-refractivity contribution in [3.8, 4) is 33.8 Å². The molecule has 0 bridgehead atoms. The van der Waals surface area contributed by atoms with Gasteiger partial charge in [-0.05, 0) is 137 Å². The fraction of sp³-hybridized carbons (Fsp3) is 0.352. The average Bonchev–Trinajstić information content (AvgIpc) is 4.09. The summed E-state index contributed by atoms with van der Waals surface area (Å²) in [6.07, 6.45) is 1.32. The Morgan fingerprint density at radius 2 is 1.66 bits per heavy atom. The standard InChI is InChI=1S/C54H57F3N8O6S2/c1-34(2)47(50(67)63-24-10-13-46(63)49(66)61-31-36-14-16-37(17-15-36)48-35(3)62-33-73-48)60-32-44(30-59)71-43-12-9-11-42(28-43)70-26-8-6-7-25-69-41-22-20-39(21-23-41)65-52(72)64(51(68)53(65,4)5)40-19-18-38(29-58)45(27-40)54(55,56)57/h9,11-12,14-23,27-28,30,32-34,46-47,59-60H,6-8,10,13,24-26,31H2,1-5H3,(H,61,66)/b44-32+,59-30?/t46-,47-/m0/s1. The third kappa shape index (κ3) is 12.7. The van der Waals surface area contributed by atoms with Crippen molar-refractivity contribution in [3.05, 3.63) is 131 Å². The zero-order valence-corrected chi connectivity index (χ0v) is 42.8. The Balaban J connectivity index is 0.838. The Hall–Kier alpha value is -7.30. The van der Waals surface area contributed by atoms with Crippen LogP contribution in [0, 0.1) is 29.6 Å². The number of hydrogen-bond acceptors (Lipinski definition) is 12. The van der Waals surface area contributed by atoms with E-state index in [0.29, 0.717) is 62.1 Å². The maximum Gasteiger partial charge on any atom is 0.417 e. The highest BCUT2D eigenvalue weighted by Crippen LogP contribution is 2.40. The smallest absolute Gasteiger partial charge is 0.417 e. The van der Waals surface area contributed by atoms with Gasteiger partial charge in [0, 0.05) is 31.0 Å². The van der Waals surface area contributed by atoms with Crippen LogP contribution in [-0.4, -0.2) is 76.3 Å². The second-order valence-electron chi connectivity index (χ2n) is 18.4. The number of thiocarbonyl (C=S) groups is 1. The molecule has 3 heterocycles. The number of halogens is 3. The summed E-state index contributed by atoms with van der Waals surface area (Å²) >= 11 is 7.23. The van der Waals surface area contributed by atoms with Crippen LogP contribution in [-0.2, 0) is 27.1 Å². The Bertz CT molecular complexity index is 2880. The molecule has 1 aromatic heterocycles. The van der Waals surface area contributed by atoms with Gasteiger partial charge in [-0.15, -0.1) is 11.3 Å². The lowest BCUT2D eigenvalue weighted by molar-refractivity contribution is -0.140. The minimum Gasteiger partial charge on any atom is -0.494 e. The number of aryl methyl sites for hydroxylation is 1. The number of carbonyl (C=O) groups is 3. The second kappa shape index (κ2) is 23.5. The number of aromatic nitrogens is 1. The molecular formula is C54H57F3N8O6S2. The Morgan fingerprint density at radius 3 is 2.30 bits per heavy atom. The number of carbonyl (C=O) groups excluding carboxylic acids is 3. The summed E-state index contributed by atoms with van der Waals surface area (Å²) in [6, 6.07) is 25.4. The number of amides is 3. The molecule has 382 valence electrons. The van der Waals surface area contributed by atoms with Crippen molar-refractivity contribution in [2.75, 3.05) is 29.6 Å². The number of likely N-dealkylation sites (tertiary alicyclic amines) is 1. The molecule has 0 aliphatic carbocycles. The van der Waals surface area contributed by atoms with Gasteiger partial charge in [0.25, 0.3) is 5.91 Å². The molecule has 3 N–H and O–H groups in total. The number of alkyl halides is 3. The van der Waals surface area contributed by atoms with E-state index in [1.54, 1.807) is 83.5 Å². The van der Waals surface area contributed by atoms with E-state index in [4.69, 9.17) is 31.8 Å². The highest BCUT2D eigenvalue weighted by atomic mass is 32.1. The van der Waals surface area contributed by atoms with E-state index in [-0.39, 0.29) is 34.3 Å². The third-order valence-electron chi connectivity index (χ3n) is 12.6. The van der Waals surface area contributed by atoms with Crippen LogP contribution in [0.1, 0.15) is 82.2 Å². The van der Waals surface area contributed by atoms with Crippen LogP contribution in [0.3, 0.4) is 0 Å². The van der Waals surface area contributed by atoms with E-state index < -0.39 is 40.8 Å². The number of ether oxygens (including phenoxy) is 3. The predicted octanol–water partition coefficient (Wildman–Crippen LogP) is 10.3. The van der Waals surface area contributed by atoms with Crippen molar-refractivity contribution in [1.82, 2.24) is 20.5 Å². The number of thiazole rings is 1. The SMILES string of the molecule is Cc1ncsc1-c1ccc(CNC(=O)[C@@H]2CCCN2C(=O)[C@@H](N/C=C(\C=N)Oc2cccc(OCCCCCOc3ccc(N4C(=S)N(c5ccc(C#N)c(C(F)(F)F)c5)C(=O)C4(C)C)cc3)c2)C(C)C)cc1. The number of nitrogens with one attached hydrogen (secondary N) is 3. The molecule has 0 spiro atoms. The van der Waals surface area contributed by atoms with Crippen LogP contribution < -0.4 is 34.6 Å². The van der Waals surface area contributed by atoms with Crippen molar-refractivity contribution in [2.24, 2.45) is 5.92 Å². The van der Waals surface area contributed by atoms with Crippen molar-refractivity contribution >= 4 is 64.0 Å². The van der Waals surface area contributed by atoms with Gasteiger partial charge in [0.15, 0.2) is 10.9 Å². The number of unbranched alkanes of at least 4 members (excludes halogenated alkanes) is 2. The van der Waals surface area contributed by atoms with Gasteiger partial charge in [-0.2, -0.15) is 18.4 Å². The van der Waals surface area contributed by atoms with E-state index in [1.165, 1.54) is 12.3 Å². The van der Waals surface area contributed by atoms with E-state index in [9.17, 15) is 32.8 Å². The first-order valence-electron chi connectivity index (χ1n) is 23.9. The molecule has 0 unspecified atom stereocenters. The summed E-state index contributed by atoms with van der Waals surface area (Å²) in [5.74, 6) is 0.732. The lowest BCUT2D eigenvalue weighted by Gasteiger charge is -2.30. The highest BCUT2D eigenvalue weighted by Gasteiger charge is 2.51. The molecule has 4 aromatic carbocycles. The van der Waals surface area contributed by atoms with Gasteiger partial charge in [0.2, 0.25) is 11.8 Å². The number of benzene rings is 4. The van der Waals surface area contributed by atoms with E-state index in [0.717, 1.165) is 64.2 Å². The topological polar surface area (TPSA) is 173 Å². The fourth-order valence-electron chi connectivity index (χ4n) is 8.64. The van der Waals surface area contributed by atoms with Gasteiger partial charge >= 0.3 is 6.18 Å². The molecule has 3 amide bonds. The monoisotopic (exact) mass is 1030 g/mol. The number of hydrogen-bond donors (Lipinski definition) is 3. The van der Waals surface area contributed by atoms with E-state index >= 15 is 0 Å². The first-order chi connectivity index (χ1) is 34.9. The maximum atomic E-state index is 14.0. The largest absolute Gasteiger partial charge is 0.494 e. The van der Waals surface area contributed by atoms with Crippen LogP contribution in [0.25, 0.3) is 10.4 Å². The minimum absolute atomic E-state index is 0.00220. The average molecular weight is 1040 g/mol. The highest BCUT2D eigenvalue weighted by molar-refractivity contribution is 7.81. The van der Waals surface area contributed by atoms with Crippen molar-refractivity contribution in [2.45, 2.75) is 97.1 Å². The fourth-order valence-corrected chi connectivity index (χ4v) is 9.97. The Labute approximate surface area is 432 Å². The molecule has 7 rings (SSSR count). The predicted molar refractivity (Wildman–Crippen MR) is 279 cm³/mol. The number of allylic oxidation sites excluding steroid dienone is 1. The molecule has 2 fully saturated rings. The Kier molecular flexibility index (Phi) is 17.2. The maximum absolute atomic E-state index is 14.0. The van der Waals surface area contributed by atoms with Gasteiger partial charge in [-0.3, -0.25) is 19.3 Å². The second-order valence-corrected chi connectivity index (χ2v) is 19.7. The summed E-state index contributed by atoms with van der Waals surface area (Å²) in [6.45, 7) is 10.8. The van der Waals surface area contributed by atoms with Crippen molar-refractivity contribution in [3.63, 3.8) is 0 Å². The van der Waals surface area contributed by atoms with Crippen LogP contribution in [0.15, 0.2) is 108 Å². The molecule has 14 nitrogen and oxygen atoms in total. The lowest BCUT2D eigenvalue weighted by atomic mass is 10.0. The summed E-state index contributed by atoms with van der Waals surface area (Å²) in [4.78, 5) is 50.7. The summed E-state index contributed by atoms with van der Waals surface area (Å²) in [5, 5.41) is 23.4. The molecule has 2 aliphatic rings. The number of nitriles is 1. The van der Waals surface area contributed by atoms with Crippen LogP contribution in [0.4, 0.5) is 24.5 Å². The first-order valence-corrected chi connectivity index (χ1v) is 25.2. The molecule has 0 saturated carbocycles. The third-order valence-corrected chi connectivity index (χ3v) is 13.9. The van der Waals surface area contributed by atoms with E-state index in [1.807, 2.05) is 56.6 Å². The molecule has 73 heavy (non-hydrogen) atoms. The van der Waals surface area contributed by atoms with Crippen LogP contribution in [0.2, 0.25) is 0 Å². The van der Waals surface area contributed by atoms with Crippen LogP contribution in [0.5, 0.6) is 17.2 Å². The molecule has 19 heteroatoms. The zero-order valence-electron chi connectivity index (χ0n) is 41.1. The van der Waals surface area contributed by atoms with E-state index in [2.05, 4.69) is 15.6 Å². The van der Waals surface area contributed by atoms with Gasteiger partial charge < -0.3 is 40.1 Å². The molecule has 0 radical (unpaired) electrons. The number of rotatable bonds is 21. The quantitative estimate of drug-likeness (QED) is 0.0276. The van der Waals surface area contributed by atoms with Gasteiger partial charge in [0.1, 0.15) is 34.9 Å². The first kappa shape index (κ1) is 53.5. The van der Waals surface area contributed by atoms with Crippen molar-refractivity contribution in [1.29, 1.82) is 10.7 Å². The number of nitrogens with zero attached hydrogens (tertiary/aromatic N) is 5. The van der Waals surface area contributed by atoms with Crippen molar-refractivity contribution < 1.29 is 41.8 Å². The lowest BCUT2D eigenvalue weighted by Crippen LogP contribution is -2.53. The van der Waals surface area contributed by atoms with Gasteiger partial charge in [0.05, 0.1) is 58.4 Å². The molecule has 2 aliphatic heterocycles. The van der Waals surface area contributed by atoms with Gasteiger partial charge in [-0.25, -0.2) is 4.98 Å². The van der Waals surface area contributed by atoms with Crippen LogP contribution >= 0.6 is 23.6 Å².